The van der Waals surface area contributed by atoms with Crippen LogP contribution in [-0.4, -0.2) is 35.8 Å². The Kier molecular flexibility index (Phi) is 5.18. The monoisotopic (exact) mass is 440 g/mol. The number of aromatic nitrogens is 2. The van der Waals surface area contributed by atoms with Crippen molar-refractivity contribution in [3.63, 3.8) is 0 Å². The van der Waals surface area contributed by atoms with Gasteiger partial charge in [0.15, 0.2) is 11.5 Å². The lowest BCUT2D eigenvalue weighted by atomic mass is 10.1. The van der Waals surface area contributed by atoms with Crippen LogP contribution in [0.2, 0.25) is 0 Å². The van der Waals surface area contributed by atoms with Gasteiger partial charge in [-0.2, -0.15) is 19.0 Å². The fraction of sp³-hybridized carbons (Fsp3) is 0.227. The van der Waals surface area contributed by atoms with Gasteiger partial charge in [-0.15, -0.1) is 0 Å². The molecule has 0 saturated heterocycles. The second-order valence-corrected chi connectivity index (χ2v) is 7.10. The number of benzene rings is 2. The highest BCUT2D eigenvalue weighted by Gasteiger charge is 2.29. The first-order valence-electron chi connectivity index (χ1n) is 9.95. The van der Waals surface area contributed by atoms with Crippen molar-refractivity contribution >= 4 is 11.9 Å². The van der Waals surface area contributed by atoms with E-state index in [2.05, 4.69) is 14.9 Å². The number of nitrogens with zero attached hydrogens (tertiary/aromatic N) is 4. The van der Waals surface area contributed by atoms with E-state index in [-0.39, 0.29) is 11.2 Å². The number of ether oxygens (including phenoxy) is 3. The first-order chi connectivity index (χ1) is 15.6. The molecule has 2 aliphatic heterocycles. The Morgan fingerprint density at radius 1 is 1.00 bits per heavy atom. The minimum Gasteiger partial charge on any atom is -0.486 e. The van der Waals surface area contributed by atoms with Gasteiger partial charge in [-0.25, -0.2) is 4.68 Å². The predicted molar refractivity (Wildman–Crippen MR) is 112 cm³/mol. The average Bonchev–Trinajstić information content (AvgIpc) is 3.29. The lowest BCUT2D eigenvalue weighted by Gasteiger charge is -2.25. The van der Waals surface area contributed by atoms with Crippen molar-refractivity contribution in [3.05, 3.63) is 70.6 Å². The smallest absolute Gasteiger partial charge is 0.387 e. The molecule has 1 unspecified atom stereocenters. The zero-order chi connectivity index (χ0) is 22.1. The molecule has 0 radical (unpaired) electrons. The Morgan fingerprint density at radius 3 is 2.53 bits per heavy atom. The zero-order valence-electron chi connectivity index (χ0n) is 16.7. The predicted octanol–water partition coefficient (Wildman–Crippen LogP) is 3.54. The largest absolute Gasteiger partial charge is 0.486 e. The molecule has 2 aliphatic rings. The highest BCUT2D eigenvalue weighted by molar-refractivity contribution is 5.69. The number of fused-ring (bicyclic) bond motifs is 1. The molecule has 10 heteroatoms. The van der Waals surface area contributed by atoms with Crippen LogP contribution in [0.5, 0.6) is 17.2 Å². The maximum atomic E-state index is 12.7. The van der Waals surface area contributed by atoms with E-state index in [4.69, 9.17) is 9.47 Å². The molecule has 0 N–H and O–H groups in total. The molecule has 2 aromatic carbocycles. The molecular weight excluding hydrogens is 422 g/mol. The molecule has 0 spiro atoms. The molecular formula is C22H18F2N4O4. The van der Waals surface area contributed by atoms with Crippen molar-refractivity contribution in [2.24, 2.45) is 5.10 Å². The Hall–Kier alpha value is -3.95. The van der Waals surface area contributed by atoms with E-state index in [0.29, 0.717) is 42.5 Å². The highest BCUT2D eigenvalue weighted by Crippen LogP contribution is 2.38. The maximum absolute atomic E-state index is 12.7. The van der Waals surface area contributed by atoms with Crippen LogP contribution in [0.15, 0.2) is 64.6 Å². The fourth-order valence-electron chi connectivity index (χ4n) is 3.64. The summed E-state index contributed by atoms with van der Waals surface area (Å²) in [4.78, 5) is 12.7. The quantitative estimate of drug-likeness (QED) is 0.604. The van der Waals surface area contributed by atoms with Crippen molar-refractivity contribution < 1.29 is 23.0 Å². The Balaban J connectivity index is 1.45. The molecule has 1 aromatic heterocycles. The number of halogens is 2. The van der Waals surface area contributed by atoms with Gasteiger partial charge in [0.2, 0.25) is 5.43 Å². The van der Waals surface area contributed by atoms with Crippen molar-refractivity contribution in [3.8, 4) is 22.9 Å². The van der Waals surface area contributed by atoms with Gasteiger partial charge in [0.1, 0.15) is 30.7 Å². The molecule has 0 bridgehead atoms. The van der Waals surface area contributed by atoms with E-state index >= 15 is 0 Å². The lowest BCUT2D eigenvalue weighted by Crippen LogP contribution is -2.27. The summed E-state index contributed by atoms with van der Waals surface area (Å²) in [6.07, 6.45) is 3.76. The molecule has 5 rings (SSSR count). The van der Waals surface area contributed by atoms with Crippen LogP contribution in [0.1, 0.15) is 18.2 Å². The summed E-state index contributed by atoms with van der Waals surface area (Å²) >= 11 is 0. The van der Waals surface area contributed by atoms with Crippen LogP contribution >= 0.6 is 0 Å². The van der Waals surface area contributed by atoms with E-state index < -0.39 is 12.7 Å². The molecule has 0 amide bonds. The van der Waals surface area contributed by atoms with Crippen LogP contribution < -0.4 is 24.6 Å². The number of alkyl halides is 2. The molecule has 1 atom stereocenters. The normalized spacial score (nSPS) is 17.1. The third-order valence-corrected chi connectivity index (χ3v) is 5.10. The lowest BCUT2D eigenvalue weighted by molar-refractivity contribution is -0.0498. The van der Waals surface area contributed by atoms with Gasteiger partial charge in [-0.05, 0) is 36.4 Å². The van der Waals surface area contributed by atoms with Crippen LogP contribution in [0.25, 0.3) is 5.69 Å². The molecule has 32 heavy (non-hydrogen) atoms. The number of hydrazone groups is 1. The Morgan fingerprint density at radius 2 is 1.75 bits per heavy atom. The van der Waals surface area contributed by atoms with Crippen molar-refractivity contribution in [2.75, 3.05) is 18.2 Å². The second-order valence-electron chi connectivity index (χ2n) is 7.10. The van der Waals surface area contributed by atoms with Crippen LogP contribution in [0, 0.1) is 0 Å². The van der Waals surface area contributed by atoms with Crippen LogP contribution in [0.4, 0.5) is 14.5 Å². The van der Waals surface area contributed by atoms with E-state index in [1.807, 2.05) is 18.2 Å². The maximum Gasteiger partial charge on any atom is 0.387 e. The number of hydrogen-bond acceptors (Lipinski definition) is 7. The first-order valence-corrected chi connectivity index (χ1v) is 9.95. The van der Waals surface area contributed by atoms with E-state index in [1.54, 1.807) is 23.4 Å². The van der Waals surface area contributed by atoms with Gasteiger partial charge in [0.25, 0.3) is 0 Å². The van der Waals surface area contributed by atoms with Crippen molar-refractivity contribution in [1.82, 2.24) is 9.78 Å². The second kappa shape index (κ2) is 8.29. The standard InChI is InChI=1S/C22H18F2N4O4/c23-22(24)32-16-4-1-14(2-5-16)27-10-8-18(29)21(26-27)17-7-9-25-28(17)15-3-6-19-20(13-15)31-12-11-30-19/h1-6,8-10,13,17,22H,7,11-12H2. The molecule has 0 saturated carbocycles. The van der Waals surface area contributed by atoms with E-state index in [0.717, 1.165) is 5.69 Å². The summed E-state index contributed by atoms with van der Waals surface area (Å²) in [5, 5.41) is 10.7. The van der Waals surface area contributed by atoms with Gasteiger partial charge in [-0.1, -0.05) is 0 Å². The van der Waals surface area contributed by atoms with E-state index in [1.165, 1.54) is 29.1 Å². The van der Waals surface area contributed by atoms with E-state index in [9.17, 15) is 13.6 Å². The Labute approximate surface area is 181 Å². The molecule has 3 aromatic rings. The Bertz CT molecular complexity index is 1210. The molecule has 0 fully saturated rings. The SMILES string of the molecule is O=c1ccn(-c2ccc(OC(F)F)cc2)nc1C1CC=NN1c1ccc2c(c1)OCCO2. The molecule has 8 nitrogen and oxygen atoms in total. The topological polar surface area (TPSA) is 78.2 Å². The molecule has 3 heterocycles. The van der Waals surface area contributed by atoms with Gasteiger partial charge >= 0.3 is 6.61 Å². The van der Waals surface area contributed by atoms with Gasteiger partial charge in [0.05, 0.1) is 11.4 Å². The van der Waals surface area contributed by atoms with Gasteiger partial charge in [-0.3, -0.25) is 9.80 Å². The fourth-order valence-corrected chi connectivity index (χ4v) is 3.64. The van der Waals surface area contributed by atoms with Gasteiger partial charge in [0, 0.05) is 31.0 Å². The molecule has 0 aliphatic carbocycles. The summed E-state index contributed by atoms with van der Waals surface area (Å²) in [6.45, 7) is -1.93. The van der Waals surface area contributed by atoms with Crippen LogP contribution in [-0.2, 0) is 0 Å². The number of hydrogen-bond donors (Lipinski definition) is 0. The summed E-state index contributed by atoms with van der Waals surface area (Å²) in [5.41, 5.74) is 1.43. The number of rotatable bonds is 5. The van der Waals surface area contributed by atoms with Gasteiger partial charge < -0.3 is 14.2 Å². The van der Waals surface area contributed by atoms with Crippen molar-refractivity contribution in [1.29, 1.82) is 0 Å². The first kappa shape index (κ1) is 20.0. The summed E-state index contributed by atoms with van der Waals surface area (Å²) in [5.74, 6) is 1.33. The minimum atomic E-state index is -2.90. The zero-order valence-corrected chi connectivity index (χ0v) is 16.7. The average molecular weight is 440 g/mol. The minimum absolute atomic E-state index is 0.0407. The summed E-state index contributed by atoms with van der Waals surface area (Å²) in [6, 6.07) is 12.5. The third kappa shape index (κ3) is 3.86. The highest BCUT2D eigenvalue weighted by atomic mass is 19.3. The van der Waals surface area contributed by atoms with Crippen LogP contribution in [0.3, 0.4) is 0 Å². The number of anilines is 1. The van der Waals surface area contributed by atoms with Crippen molar-refractivity contribution in [2.45, 2.75) is 19.1 Å². The third-order valence-electron chi connectivity index (χ3n) is 5.10. The molecule has 164 valence electrons. The summed E-state index contributed by atoms with van der Waals surface area (Å²) < 4.78 is 41.9. The summed E-state index contributed by atoms with van der Waals surface area (Å²) in [7, 11) is 0.